The fraction of sp³-hybridized carbons (Fsp3) is 0.478. The number of aryl methyl sites for hydroxylation is 1. The molecular weight excluding hydrogens is 410 g/mol. The molecule has 0 bridgehead atoms. The molecule has 3 aromatic rings. The first kappa shape index (κ1) is 20.2. The first-order chi connectivity index (χ1) is 15.1. The summed E-state index contributed by atoms with van der Waals surface area (Å²) in [6, 6.07) is 3.92. The highest BCUT2D eigenvalue weighted by Crippen LogP contribution is 2.40. The van der Waals surface area contributed by atoms with Crippen molar-refractivity contribution in [3.8, 4) is 0 Å². The van der Waals surface area contributed by atoms with Gasteiger partial charge in [-0.3, -0.25) is 19.7 Å². The third kappa shape index (κ3) is 3.73. The van der Waals surface area contributed by atoms with E-state index >= 15 is 0 Å². The Kier molecular flexibility index (Phi) is 5.25. The van der Waals surface area contributed by atoms with Crippen molar-refractivity contribution in [3.63, 3.8) is 0 Å². The van der Waals surface area contributed by atoms with Crippen molar-refractivity contribution in [1.82, 2.24) is 25.0 Å². The Morgan fingerprint density at radius 2 is 1.97 bits per heavy atom. The Morgan fingerprint density at radius 3 is 2.77 bits per heavy atom. The Morgan fingerprint density at radius 1 is 1.13 bits per heavy atom. The van der Waals surface area contributed by atoms with Crippen molar-refractivity contribution in [2.75, 3.05) is 26.2 Å². The molecule has 2 saturated heterocycles. The summed E-state index contributed by atoms with van der Waals surface area (Å²) in [5, 5.41) is 8.09. The van der Waals surface area contributed by atoms with Gasteiger partial charge in [0.05, 0.1) is 21.3 Å². The first-order valence-electron chi connectivity index (χ1n) is 11.0. The average Bonchev–Trinajstić information content (AvgIpc) is 3.49. The Labute approximate surface area is 185 Å². The lowest BCUT2D eigenvalue weighted by Crippen LogP contribution is -2.42. The number of carbonyl (C=O) groups is 2. The average molecular weight is 438 g/mol. The third-order valence-electron chi connectivity index (χ3n) is 6.76. The summed E-state index contributed by atoms with van der Waals surface area (Å²) in [4.78, 5) is 35.4. The predicted molar refractivity (Wildman–Crippen MR) is 120 cm³/mol. The van der Waals surface area contributed by atoms with Crippen molar-refractivity contribution in [2.24, 2.45) is 5.41 Å². The topological polar surface area (TPSA) is 82.2 Å². The van der Waals surface area contributed by atoms with E-state index < -0.39 is 0 Å². The lowest BCUT2D eigenvalue weighted by molar-refractivity contribution is 0.0668. The van der Waals surface area contributed by atoms with Crippen LogP contribution in [0.15, 0.2) is 30.7 Å². The maximum atomic E-state index is 13.3. The van der Waals surface area contributed by atoms with Crippen LogP contribution in [0.5, 0.6) is 0 Å². The molecule has 2 amide bonds. The summed E-state index contributed by atoms with van der Waals surface area (Å²) >= 11 is 1.51. The number of aromatic nitrogens is 3. The predicted octanol–water partition coefficient (Wildman–Crippen LogP) is 3.74. The van der Waals surface area contributed by atoms with E-state index in [1.807, 2.05) is 35.1 Å². The molecule has 8 heteroatoms. The number of H-pyrrole nitrogens is 1. The first-order valence-corrected chi connectivity index (χ1v) is 11.8. The summed E-state index contributed by atoms with van der Waals surface area (Å²) < 4.78 is 1.04. The summed E-state index contributed by atoms with van der Waals surface area (Å²) in [5.74, 6) is 0.164. The van der Waals surface area contributed by atoms with Gasteiger partial charge >= 0.3 is 0 Å². The SMILES string of the molecule is CCc1[nH]ncc1C(=O)N1CCCCC2(CCN(C(=O)c3cc4ccncc4s3)C2)C1. The molecule has 5 rings (SSSR count). The Hall–Kier alpha value is -2.74. The van der Waals surface area contributed by atoms with Crippen LogP contribution >= 0.6 is 11.3 Å². The number of hydrogen-bond acceptors (Lipinski definition) is 5. The van der Waals surface area contributed by atoms with Gasteiger partial charge in [0.15, 0.2) is 0 Å². The van der Waals surface area contributed by atoms with Gasteiger partial charge in [-0.2, -0.15) is 5.10 Å². The summed E-state index contributed by atoms with van der Waals surface area (Å²) in [6.45, 7) is 4.97. The van der Waals surface area contributed by atoms with Gasteiger partial charge in [0, 0.05) is 49.7 Å². The fourth-order valence-corrected chi connectivity index (χ4v) is 6.06. The molecule has 0 radical (unpaired) electrons. The molecule has 7 nitrogen and oxygen atoms in total. The number of pyridine rings is 1. The van der Waals surface area contributed by atoms with E-state index in [4.69, 9.17) is 0 Å². The number of fused-ring (bicyclic) bond motifs is 1. The molecule has 1 unspecified atom stereocenters. The lowest BCUT2D eigenvalue weighted by Gasteiger charge is -2.32. The zero-order valence-corrected chi connectivity index (χ0v) is 18.6. The maximum absolute atomic E-state index is 13.3. The Bertz CT molecular complexity index is 1090. The number of hydrogen-bond donors (Lipinski definition) is 1. The van der Waals surface area contributed by atoms with E-state index in [9.17, 15) is 9.59 Å². The molecule has 1 N–H and O–H groups in total. The highest BCUT2D eigenvalue weighted by molar-refractivity contribution is 7.20. The largest absolute Gasteiger partial charge is 0.338 e. The quantitative estimate of drug-likeness (QED) is 0.677. The highest BCUT2D eigenvalue weighted by atomic mass is 32.1. The molecule has 2 aliphatic heterocycles. The molecule has 2 aliphatic rings. The number of rotatable bonds is 3. The fourth-order valence-electron chi connectivity index (χ4n) is 5.06. The lowest BCUT2D eigenvalue weighted by atomic mass is 9.82. The van der Waals surface area contributed by atoms with Gasteiger partial charge in [0.1, 0.15) is 0 Å². The second-order valence-corrected chi connectivity index (χ2v) is 9.88. The maximum Gasteiger partial charge on any atom is 0.263 e. The number of likely N-dealkylation sites (tertiary alicyclic amines) is 2. The van der Waals surface area contributed by atoms with Crippen LogP contribution in [-0.2, 0) is 6.42 Å². The number of aromatic amines is 1. The molecule has 162 valence electrons. The standard InChI is InChI=1S/C23H27N5O2S/c1-2-18-17(12-25-26-18)21(29)27-9-4-3-6-23(14-27)7-10-28(15-23)22(30)19-11-16-5-8-24-13-20(16)31-19/h5,8,11-13H,2-4,6-7,9-10,14-15H2,1H3,(H,25,26). The third-order valence-corrected chi connectivity index (χ3v) is 7.83. The summed E-state index contributed by atoms with van der Waals surface area (Å²) in [6.07, 6.45) is 10.1. The van der Waals surface area contributed by atoms with E-state index in [0.717, 1.165) is 65.9 Å². The van der Waals surface area contributed by atoms with Crippen LogP contribution in [0.2, 0.25) is 0 Å². The summed E-state index contributed by atoms with van der Waals surface area (Å²) in [7, 11) is 0. The molecule has 0 aliphatic carbocycles. The Balaban J connectivity index is 1.33. The zero-order chi connectivity index (χ0) is 21.4. The molecule has 1 atom stereocenters. The number of nitrogens with zero attached hydrogens (tertiary/aromatic N) is 4. The van der Waals surface area contributed by atoms with Gasteiger partial charge < -0.3 is 9.80 Å². The van der Waals surface area contributed by atoms with Crippen LogP contribution in [0.3, 0.4) is 0 Å². The normalized spacial score (nSPS) is 21.7. The molecular formula is C23H27N5O2S. The highest BCUT2D eigenvalue weighted by Gasteiger charge is 2.43. The van der Waals surface area contributed by atoms with Gasteiger partial charge in [0.25, 0.3) is 11.8 Å². The van der Waals surface area contributed by atoms with Crippen molar-refractivity contribution < 1.29 is 9.59 Å². The molecule has 3 aromatic heterocycles. The zero-order valence-electron chi connectivity index (χ0n) is 17.8. The van der Waals surface area contributed by atoms with E-state index in [0.29, 0.717) is 18.7 Å². The smallest absolute Gasteiger partial charge is 0.263 e. The van der Waals surface area contributed by atoms with E-state index in [-0.39, 0.29) is 17.2 Å². The van der Waals surface area contributed by atoms with E-state index in [1.54, 1.807) is 12.4 Å². The number of amides is 2. The van der Waals surface area contributed by atoms with E-state index in [1.165, 1.54) is 11.3 Å². The van der Waals surface area contributed by atoms with Crippen LogP contribution in [0.25, 0.3) is 10.1 Å². The van der Waals surface area contributed by atoms with Crippen LogP contribution < -0.4 is 0 Å². The minimum Gasteiger partial charge on any atom is -0.338 e. The monoisotopic (exact) mass is 437 g/mol. The second-order valence-electron chi connectivity index (χ2n) is 8.80. The van der Waals surface area contributed by atoms with Gasteiger partial charge in [-0.15, -0.1) is 11.3 Å². The molecule has 0 saturated carbocycles. The van der Waals surface area contributed by atoms with Crippen LogP contribution in [0.4, 0.5) is 0 Å². The molecule has 5 heterocycles. The minimum absolute atomic E-state index is 0.0177. The van der Waals surface area contributed by atoms with Gasteiger partial charge in [0.2, 0.25) is 0 Å². The van der Waals surface area contributed by atoms with Crippen molar-refractivity contribution >= 4 is 33.2 Å². The second kappa shape index (κ2) is 8.07. The number of thiophene rings is 1. The minimum atomic E-state index is -0.0177. The van der Waals surface area contributed by atoms with Gasteiger partial charge in [-0.25, -0.2) is 0 Å². The van der Waals surface area contributed by atoms with Crippen molar-refractivity contribution in [1.29, 1.82) is 0 Å². The molecule has 2 fully saturated rings. The van der Waals surface area contributed by atoms with E-state index in [2.05, 4.69) is 15.2 Å². The van der Waals surface area contributed by atoms with Crippen molar-refractivity contribution in [2.45, 2.75) is 39.0 Å². The molecule has 31 heavy (non-hydrogen) atoms. The van der Waals surface area contributed by atoms with Crippen LogP contribution in [0, 0.1) is 5.41 Å². The van der Waals surface area contributed by atoms with Gasteiger partial charge in [-0.05, 0) is 43.2 Å². The van der Waals surface area contributed by atoms with Crippen molar-refractivity contribution in [3.05, 3.63) is 46.9 Å². The van der Waals surface area contributed by atoms with Crippen LogP contribution in [-0.4, -0.2) is 63.0 Å². The molecule has 1 spiro atoms. The van der Waals surface area contributed by atoms with Crippen LogP contribution in [0.1, 0.15) is 58.3 Å². The van der Waals surface area contributed by atoms with Gasteiger partial charge in [-0.1, -0.05) is 13.3 Å². The molecule has 0 aromatic carbocycles. The number of carbonyl (C=O) groups excluding carboxylic acids is 2. The summed E-state index contributed by atoms with van der Waals surface area (Å²) in [5.41, 5.74) is 1.56. The number of nitrogens with one attached hydrogen (secondary N) is 1.